The van der Waals surface area contributed by atoms with Crippen molar-refractivity contribution < 1.29 is 14.6 Å². The molecule has 2 bridgehead atoms. The van der Waals surface area contributed by atoms with Crippen molar-refractivity contribution in [1.82, 2.24) is 0 Å². The lowest BCUT2D eigenvalue weighted by atomic mass is 10.1. The van der Waals surface area contributed by atoms with Crippen LogP contribution in [0.1, 0.15) is 32.6 Å². The van der Waals surface area contributed by atoms with Crippen molar-refractivity contribution in [1.29, 1.82) is 0 Å². The van der Waals surface area contributed by atoms with Crippen LogP contribution >= 0.6 is 31.9 Å². The SMILES string of the molecule is CC[C@H](Br)[C@H]1C[C@@H](Br)[C@H]2C[C@@H](O1)[C@@H](CCO)O2. The molecule has 2 aliphatic rings. The van der Waals surface area contributed by atoms with Gasteiger partial charge in [0.15, 0.2) is 0 Å². The van der Waals surface area contributed by atoms with E-state index in [-0.39, 0.29) is 31.0 Å². The smallest absolute Gasteiger partial charge is 0.0867 e. The van der Waals surface area contributed by atoms with Crippen molar-refractivity contribution in [3.8, 4) is 0 Å². The molecule has 6 atom stereocenters. The molecule has 0 radical (unpaired) electrons. The fourth-order valence-electron chi connectivity index (χ4n) is 2.66. The van der Waals surface area contributed by atoms with Crippen LogP contribution in [0, 0.1) is 0 Å². The van der Waals surface area contributed by atoms with Gasteiger partial charge in [0.25, 0.3) is 0 Å². The van der Waals surface area contributed by atoms with E-state index < -0.39 is 0 Å². The average Bonchev–Trinajstić information content (AvgIpc) is 2.62. The van der Waals surface area contributed by atoms with E-state index in [4.69, 9.17) is 14.6 Å². The number of aliphatic hydroxyl groups is 1. The van der Waals surface area contributed by atoms with Crippen LogP contribution in [0.15, 0.2) is 0 Å². The second kappa shape index (κ2) is 6.33. The first-order valence-electron chi connectivity index (χ1n) is 6.35. The molecule has 0 amide bonds. The van der Waals surface area contributed by atoms with Crippen LogP contribution in [-0.2, 0) is 9.47 Å². The molecule has 2 rings (SSSR count). The van der Waals surface area contributed by atoms with Crippen molar-refractivity contribution in [2.24, 2.45) is 0 Å². The minimum atomic E-state index is 0.0596. The number of aliphatic hydroxyl groups excluding tert-OH is 1. The molecule has 2 saturated heterocycles. The first-order chi connectivity index (χ1) is 8.15. The van der Waals surface area contributed by atoms with Crippen LogP contribution in [0.25, 0.3) is 0 Å². The second-order valence-electron chi connectivity index (χ2n) is 4.85. The first kappa shape index (κ1) is 14.3. The molecule has 100 valence electrons. The van der Waals surface area contributed by atoms with Crippen molar-refractivity contribution in [3.63, 3.8) is 0 Å². The van der Waals surface area contributed by atoms with Gasteiger partial charge in [0.05, 0.1) is 24.4 Å². The number of rotatable bonds is 4. The van der Waals surface area contributed by atoms with Gasteiger partial charge in [0, 0.05) is 22.7 Å². The Morgan fingerprint density at radius 1 is 1.29 bits per heavy atom. The standard InChI is InChI=1S/C12H20Br2O3/c1-2-7(13)10-5-8(14)11-6-12(17-10)9(16-11)3-4-15/h7-12,15H,2-6H2,1H3/t7-,8+,9+,10+,11+,12+/m0/s1. The zero-order valence-electron chi connectivity index (χ0n) is 10.0. The Balaban J connectivity index is 2.04. The normalized spacial score (nSPS) is 43.4. The molecule has 0 spiro atoms. The lowest BCUT2D eigenvalue weighted by Gasteiger charge is -2.30. The van der Waals surface area contributed by atoms with Gasteiger partial charge >= 0.3 is 0 Å². The molecule has 2 aliphatic heterocycles. The van der Waals surface area contributed by atoms with Gasteiger partial charge < -0.3 is 14.6 Å². The van der Waals surface area contributed by atoms with Crippen LogP contribution in [-0.4, -0.2) is 45.8 Å². The molecule has 0 aromatic rings. The predicted molar refractivity (Wildman–Crippen MR) is 74.0 cm³/mol. The second-order valence-corrected chi connectivity index (χ2v) is 7.20. The summed E-state index contributed by atoms with van der Waals surface area (Å²) in [4.78, 5) is 0.754. The number of hydrogen-bond donors (Lipinski definition) is 1. The van der Waals surface area contributed by atoms with Gasteiger partial charge in [-0.25, -0.2) is 0 Å². The zero-order valence-corrected chi connectivity index (χ0v) is 13.2. The third-order valence-electron chi connectivity index (χ3n) is 3.65. The minimum Gasteiger partial charge on any atom is -0.396 e. The molecule has 0 unspecified atom stereocenters. The van der Waals surface area contributed by atoms with Gasteiger partial charge in [-0.15, -0.1) is 0 Å². The molecule has 2 heterocycles. The van der Waals surface area contributed by atoms with Crippen LogP contribution in [0.2, 0.25) is 0 Å². The highest BCUT2D eigenvalue weighted by atomic mass is 79.9. The molecule has 0 saturated carbocycles. The lowest BCUT2D eigenvalue weighted by Crippen LogP contribution is -2.37. The highest BCUT2D eigenvalue weighted by molar-refractivity contribution is 9.09. The number of halogens is 2. The molecule has 3 nitrogen and oxygen atoms in total. The molecule has 0 aliphatic carbocycles. The average molecular weight is 372 g/mol. The zero-order chi connectivity index (χ0) is 12.4. The van der Waals surface area contributed by atoms with E-state index in [1.807, 2.05) is 0 Å². The number of hydrogen-bond acceptors (Lipinski definition) is 3. The van der Waals surface area contributed by atoms with Gasteiger partial charge in [0.1, 0.15) is 0 Å². The van der Waals surface area contributed by atoms with Gasteiger partial charge in [0.2, 0.25) is 0 Å². The maximum Gasteiger partial charge on any atom is 0.0867 e. The van der Waals surface area contributed by atoms with E-state index in [1.165, 1.54) is 0 Å². The van der Waals surface area contributed by atoms with Crippen molar-refractivity contribution in [2.75, 3.05) is 6.61 Å². The predicted octanol–water partition coefficient (Wildman–Crippen LogP) is 2.62. The van der Waals surface area contributed by atoms with Gasteiger partial charge in [-0.05, 0) is 19.3 Å². The van der Waals surface area contributed by atoms with E-state index in [0.29, 0.717) is 16.1 Å². The Hall–Kier alpha value is 0.840. The molecule has 0 aromatic carbocycles. The molecule has 2 fully saturated rings. The summed E-state index contributed by atoms with van der Waals surface area (Å²) < 4.78 is 12.1. The number of fused-ring (bicyclic) bond motifs is 2. The molecule has 5 heteroatoms. The summed E-state index contributed by atoms with van der Waals surface area (Å²) in [6, 6.07) is 0. The quantitative estimate of drug-likeness (QED) is 0.772. The topological polar surface area (TPSA) is 38.7 Å². The molecule has 1 N–H and O–H groups in total. The Kier molecular flexibility index (Phi) is 5.31. The Morgan fingerprint density at radius 2 is 2.06 bits per heavy atom. The Morgan fingerprint density at radius 3 is 2.71 bits per heavy atom. The first-order valence-corrected chi connectivity index (χ1v) is 8.18. The van der Waals surface area contributed by atoms with Gasteiger partial charge in [-0.2, -0.15) is 0 Å². The molecule has 0 aromatic heterocycles. The van der Waals surface area contributed by atoms with E-state index in [1.54, 1.807) is 0 Å². The Bertz CT molecular complexity index is 252. The summed E-state index contributed by atoms with van der Waals surface area (Å²) in [7, 11) is 0. The maximum absolute atomic E-state index is 9.05. The molecule has 17 heavy (non-hydrogen) atoms. The highest BCUT2D eigenvalue weighted by Crippen LogP contribution is 2.38. The fraction of sp³-hybridized carbons (Fsp3) is 1.00. The fourth-order valence-corrected chi connectivity index (χ4v) is 3.70. The van der Waals surface area contributed by atoms with Crippen molar-refractivity contribution in [2.45, 2.75) is 66.7 Å². The lowest BCUT2D eigenvalue weighted by molar-refractivity contribution is -0.0806. The minimum absolute atomic E-state index is 0.0596. The largest absolute Gasteiger partial charge is 0.396 e. The number of ether oxygens (including phenoxy) is 2. The third kappa shape index (κ3) is 3.24. The van der Waals surface area contributed by atoms with E-state index in [2.05, 4.69) is 38.8 Å². The van der Waals surface area contributed by atoms with Crippen LogP contribution in [0.4, 0.5) is 0 Å². The van der Waals surface area contributed by atoms with Crippen LogP contribution in [0.5, 0.6) is 0 Å². The summed E-state index contributed by atoms with van der Waals surface area (Å²) in [5.74, 6) is 0. The number of alkyl halides is 2. The van der Waals surface area contributed by atoms with E-state index in [9.17, 15) is 0 Å². The highest BCUT2D eigenvalue weighted by Gasteiger charge is 2.44. The summed E-state index contributed by atoms with van der Waals surface area (Å²) in [6.07, 6.45) is 4.34. The van der Waals surface area contributed by atoms with Crippen LogP contribution < -0.4 is 0 Å². The molecular weight excluding hydrogens is 352 g/mol. The van der Waals surface area contributed by atoms with Gasteiger partial charge in [-0.3, -0.25) is 0 Å². The van der Waals surface area contributed by atoms with E-state index in [0.717, 1.165) is 19.3 Å². The van der Waals surface area contributed by atoms with E-state index >= 15 is 0 Å². The monoisotopic (exact) mass is 370 g/mol. The third-order valence-corrected chi connectivity index (χ3v) is 5.85. The summed E-state index contributed by atoms with van der Waals surface area (Å²) in [5, 5.41) is 9.05. The maximum atomic E-state index is 9.05. The van der Waals surface area contributed by atoms with Crippen LogP contribution in [0.3, 0.4) is 0 Å². The van der Waals surface area contributed by atoms with Crippen molar-refractivity contribution >= 4 is 31.9 Å². The summed E-state index contributed by atoms with van der Waals surface area (Å²) in [6.45, 7) is 2.33. The van der Waals surface area contributed by atoms with Crippen molar-refractivity contribution in [3.05, 3.63) is 0 Å². The Labute approximate surface area is 119 Å². The summed E-state index contributed by atoms with van der Waals surface area (Å²) >= 11 is 7.41. The summed E-state index contributed by atoms with van der Waals surface area (Å²) in [5.41, 5.74) is 0. The molecular formula is C12H20Br2O3. The van der Waals surface area contributed by atoms with Gasteiger partial charge in [-0.1, -0.05) is 38.8 Å².